The normalized spacial score (nSPS) is 11.9. The number of benzene rings is 1. The molecule has 0 saturated heterocycles. The van der Waals surface area contributed by atoms with Gasteiger partial charge in [-0.25, -0.2) is 0 Å². The van der Waals surface area contributed by atoms with Crippen LogP contribution < -0.4 is 11.1 Å². The lowest BCUT2D eigenvalue weighted by Crippen LogP contribution is -2.22. The fourth-order valence-corrected chi connectivity index (χ4v) is 1.58. The van der Waals surface area contributed by atoms with Crippen LogP contribution in [-0.4, -0.2) is 23.5 Å². The number of nitrogens with one attached hydrogen (secondary N) is 1. The SMILES string of the molecule is CC(CCN)C(=O)Nc1cccc(CC(=O)O)c1. The highest BCUT2D eigenvalue weighted by Crippen LogP contribution is 2.13. The molecule has 0 aliphatic rings. The second-order valence-corrected chi connectivity index (χ2v) is 4.24. The molecule has 1 atom stereocenters. The number of carbonyl (C=O) groups excluding carboxylic acids is 1. The van der Waals surface area contributed by atoms with Gasteiger partial charge >= 0.3 is 5.97 Å². The lowest BCUT2D eigenvalue weighted by atomic mass is 10.1. The van der Waals surface area contributed by atoms with Crippen LogP contribution in [0.5, 0.6) is 0 Å². The van der Waals surface area contributed by atoms with Gasteiger partial charge in [-0.05, 0) is 30.7 Å². The maximum Gasteiger partial charge on any atom is 0.307 e. The number of carbonyl (C=O) groups is 2. The summed E-state index contributed by atoms with van der Waals surface area (Å²) in [4.78, 5) is 22.3. The Balaban J connectivity index is 2.67. The lowest BCUT2D eigenvalue weighted by Gasteiger charge is -2.11. The Morgan fingerprint density at radius 1 is 1.44 bits per heavy atom. The van der Waals surface area contributed by atoms with Crippen LogP contribution in [0.1, 0.15) is 18.9 Å². The Hall–Kier alpha value is -1.88. The minimum Gasteiger partial charge on any atom is -0.481 e. The third kappa shape index (κ3) is 4.55. The average molecular weight is 250 g/mol. The van der Waals surface area contributed by atoms with E-state index in [-0.39, 0.29) is 18.2 Å². The van der Waals surface area contributed by atoms with Crippen LogP contribution in [0.4, 0.5) is 5.69 Å². The Labute approximate surface area is 106 Å². The Bertz CT molecular complexity index is 432. The summed E-state index contributed by atoms with van der Waals surface area (Å²) in [6.45, 7) is 2.27. The minimum absolute atomic E-state index is 0.0535. The number of rotatable bonds is 6. The second-order valence-electron chi connectivity index (χ2n) is 4.24. The van der Waals surface area contributed by atoms with Crippen molar-refractivity contribution in [1.29, 1.82) is 0 Å². The van der Waals surface area contributed by atoms with E-state index in [4.69, 9.17) is 10.8 Å². The van der Waals surface area contributed by atoms with Gasteiger partial charge in [-0.1, -0.05) is 19.1 Å². The predicted octanol–water partition coefficient (Wildman–Crippen LogP) is 1.24. The van der Waals surface area contributed by atoms with Gasteiger partial charge in [0.1, 0.15) is 0 Å². The highest BCUT2D eigenvalue weighted by Gasteiger charge is 2.12. The Kier molecular flexibility index (Phi) is 5.32. The molecule has 1 amide bonds. The van der Waals surface area contributed by atoms with Crippen LogP contribution in [0.15, 0.2) is 24.3 Å². The molecule has 1 unspecified atom stereocenters. The molecule has 18 heavy (non-hydrogen) atoms. The average Bonchev–Trinajstić information content (AvgIpc) is 2.28. The molecule has 1 aromatic rings. The molecule has 0 fully saturated rings. The van der Waals surface area contributed by atoms with Crippen LogP contribution in [0, 0.1) is 5.92 Å². The van der Waals surface area contributed by atoms with Crippen LogP contribution >= 0.6 is 0 Å². The number of carboxylic acids is 1. The first kappa shape index (κ1) is 14.2. The van der Waals surface area contributed by atoms with E-state index in [0.717, 1.165) is 0 Å². The first-order valence-corrected chi connectivity index (χ1v) is 5.84. The van der Waals surface area contributed by atoms with Crippen LogP contribution in [0.2, 0.25) is 0 Å². The quantitative estimate of drug-likeness (QED) is 0.708. The van der Waals surface area contributed by atoms with Crippen molar-refractivity contribution in [3.05, 3.63) is 29.8 Å². The van der Waals surface area contributed by atoms with E-state index in [1.807, 2.05) is 6.92 Å². The van der Waals surface area contributed by atoms with E-state index in [9.17, 15) is 9.59 Å². The maximum absolute atomic E-state index is 11.8. The van der Waals surface area contributed by atoms with Gasteiger partial charge in [-0.3, -0.25) is 9.59 Å². The molecule has 5 heteroatoms. The van der Waals surface area contributed by atoms with Crippen molar-refractivity contribution < 1.29 is 14.7 Å². The summed E-state index contributed by atoms with van der Waals surface area (Å²) in [7, 11) is 0. The summed E-state index contributed by atoms with van der Waals surface area (Å²) in [5.41, 5.74) is 6.67. The maximum atomic E-state index is 11.8. The van der Waals surface area contributed by atoms with Crippen molar-refractivity contribution in [3.63, 3.8) is 0 Å². The monoisotopic (exact) mass is 250 g/mol. The van der Waals surface area contributed by atoms with E-state index >= 15 is 0 Å². The first-order chi connectivity index (χ1) is 8.52. The molecule has 1 aromatic carbocycles. The van der Waals surface area contributed by atoms with Crippen LogP contribution in [0.25, 0.3) is 0 Å². The summed E-state index contributed by atoms with van der Waals surface area (Å²) in [5.74, 6) is -1.15. The fourth-order valence-electron chi connectivity index (χ4n) is 1.58. The van der Waals surface area contributed by atoms with Gasteiger partial charge in [0.05, 0.1) is 6.42 Å². The van der Waals surface area contributed by atoms with Gasteiger partial charge in [0, 0.05) is 11.6 Å². The molecule has 0 radical (unpaired) electrons. The Morgan fingerprint density at radius 3 is 2.78 bits per heavy atom. The van der Waals surface area contributed by atoms with Crippen LogP contribution in [-0.2, 0) is 16.0 Å². The van der Waals surface area contributed by atoms with Crippen molar-refractivity contribution in [2.45, 2.75) is 19.8 Å². The molecule has 1 rings (SSSR count). The van der Waals surface area contributed by atoms with Gasteiger partial charge in [0.15, 0.2) is 0 Å². The summed E-state index contributed by atoms with van der Waals surface area (Å²) in [5, 5.41) is 11.4. The molecule has 0 heterocycles. The number of hydrogen-bond donors (Lipinski definition) is 3. The smallest absolute Gasteiger partial charge is 0.307 e. The van der Waals surface area contributed by atoms with Gasteiger partial charge in [0.25, 0.3) is 0 Å². The largest absolute Gasteiger partial charge is 0.481 e. The molecule has 4 N–H and O–H groups in total. The lowest BCUT2D eigenvalue weighted by molar-refractivity contribution is -0.136. The molecule has 98 valence electrons. The van der Waals surface area contributed by atoms with Crippen molar-refractivity contribution >= 4 is 17.6 Å². The van der Waals surface area contributed by atoms with Gasteiger partial charge < -0.3 is 16.2 Å². The molecule has 0 saturated carbocycles. The molecule has 0 aliphatic carbocycles. The molecule has 0 aliphatic heterocycles. The number of anilines is 1. The first-order valence-electron chi connectivity index (χ1n) is 5.84. The van der Waals surface area contributed by atoms with Gasteiger partial charge in [-0.15, -0.1) is 0 Å². The number of amides is 1. The zero-order valence-electron chi connectivity index (χ0n) is 10.3. The predicted molar refractivity (Wildman–Crippen MR) is 69.2 cm³/mol. The van der Waals surface area contributed by atoms with E-state index in [1.165, 1.54) is 0 Å². The summed E-state index contributed by atoms with van der Waals surface area (Å²) < 4.78 is 0. The number of aliphatic carboxylic acids is 1. The summed E-state index contributed by atoms with van der Waals surface area (Å²) >= 11 is 0. The fraction of sp³-hybridized carbons (Fsp3) is 0.385. The third-order valence-corrected chi connectivity index (χ3v) is 2.60. The molecule has 0 aromatic heterocycles. The van der Waals surface area contributed by atoms with Gasteiger partial charge in [0.2, 0.25) is 5.91 Å². The highest BCUT2D eigenvalue weighted by atomic mass is 16.4. The molecule has 0 bridgehead atoms. The zero-order chi connectivity index (χ0) is 13.5. The van der Waals surface area contributed by atoms with Crippen LogP contribution in [0.3, 0.4) is 0 Å². The van der Waals surface area contributed by atoms with E-state index < -0.39 is 5.97 Å². The van der Waals surface area contributed by atoms with E-state index in [0.29, 0.717) is 24.2 Å². The highest BCUT2D eigenvalue weighted by molar-refractivity contribution is 5.92. The number of nitrogens with two attached hydrogens (primary N) is 1. The minimum atomic E-state index is -0.894. The molecular weight excluding hydrogens is 232 g/mol. The van der Waals surface area contributed by atoms with Crippen molar-refractivity contribution in [2.75, 3.05) is 11.9 Å². The third-order valence-electron chi connectivity index (χ3n) is 2.60. The van der Waals surface area contributed by atoms with Crippen molar-refractivity contribution in [2.24, 2.45) is 11.7 Å². The van der Waals surface area contributed by atoms with Crippen molar-refractivity contribution in [3.8, 4) is 0 Å². The number of carboxylic acid groups (broad SMARTS) is 1. The molecular formula is C13H18N2O3. The second kappa shape index (κ2) is 6.76. The molecule has 0 spiro atoms. The summed E-state index contributed by atoms with van der Waals surface area (Å²) in [6, 6.07) is 6.84. The van der Waals surface area contributed by atoms with E-state index in [2.05, 4.69) is 5.32 Å². The van der Waals surface area contributed by atoms with Crippen molar-refractivity contribution in [1.82, 2.24) is 0 Å². The van der Waals surface area contributed by atoms with Gasteiger partial charge in [-0.2, -0.15) is 0 Å². The Morgan fingerprint density at radius 2 is 2.17 bits per heavy atom. The zero-order valence-corrected chi connectivity index (χ0v) is 10.3. The summed E-state index contributed by atoms with van der Waals surface area (Å²) in [6.07, 6.45) is 0.572. The standard InChI is InChI=1S/C13H18N2O3/c1-9(5-6-14)13(18)15-11-4-2-3-10(7-11)8-12(16)17/h2-4,7,9H,5-6,8,14H2,1H3,(H,15,18)(H,16,17). The van der Waals surface area contributed by atoms with E-state index in [1.54, 1.807) is 24.3 Å². The topological polar surface area (TPSA) is 92.4 Å². The molecule has 5 nitrogen and oxygen atoms in total. The number of hydrogen-bond acceptors (Lipinski definition) is 3.